The Kier molecular flexibility index (Phi) is 7.41. The van der Waals surface area contributed by atoms with Gasteiger partial charge in [0, 0.05) is 12.8 Å². The second-order valence-corrected chi connectivity index (χ2v) is 12.7. The molecule has 4 aliphatic rings. The van der Waals surface area contributed by atoms with E-state index >= 15 is 0 Å². The smallest absolute Gasteiger partial charge is 0.141 e. The van der Waals surface area contributed by atoms with Crippen molar-refractivity contribution in [3.8, 4) is 0 Å². The lowest BCUT2D eigenvalue weighted by molar-refractivity contribution is -0.126. The van der Waals surface area contributed by atoms with Crippen molar-refractivity contribution in [2.24, 2.45) is 28.1 Å². The SMILES string of the molecule is C=C1C(=CC=C2CCC[C@]3(C)[C@@H](C(C)(C)C=C[C@@H](O)C4(C(=O)CC)CC4)CC[C@@H]23)C[C@@H](O)C[C@@H]1O. The summed E-state index contributed by atoms with van der Waals surface area (Å²) in [5.74, 6) is 1.22. The largest absolute Gasteiger partial charge is 0.393 e. The van der Waals surface area contributed by atoms with Gasteiger partial charge in [0.25, 0.3) is 0 Å². The summed E-state index contributed by atoms with van der Waals surface area (Å²) >= 11 is 0. The van der Waals surface area contributed by atoms with Crippen molar-refractivity contribution in [3.63, 3.8) is 0 Å². The molecule has 0 bridgehead atoms. The van der Waals surface area contributed by atoms with Gasteiger partial charge in [-0.05, 0) is 85.2 Å². The van der Waals surface area contributed by atoms with Crippen LogP contribution in [0.3, 0.4) is 0 Å². The number of Topliss-reactive ketones (excluding diaryl/α,β-unsaturated/α-hetero) is 1. The van der Waals surface area contributed by atoms with E-state index in [-0.39, 0.29) is 16.6 Å². The van der Waals surface area contributed by atoms with Crippen LogP contribution in [0.4, 0.5) is 0 Å². The van der Waals surface area contributed by atoms with Crippen LogP contribution in [0.15, 0.2) is 47.6 Å². The molecular weight excluding hydrogens is 436 g/mol. The van der Waals surface area contributed by atoms with Crippen LogP contribution in [0.25, 0.3) is 0 Å². The first-order chi connectivity index (χ1) is 16.4. The van der Waals surface area contributed by atoms with Gasteiger partial charge in [-0.25, -0.2) is 0 Å². The molecule has 0 aromatic rings. The number of rotatable bonds is 7. The molecule has 4 nitrogen and oxygen atoms in total. The summed E-state index contributed by atoms with van der Waals surface area (Å²) in [6.45, 7) is 13.0. The molecule has 0 saturated heterocycles. The highest BCUT2D eigenvalue weighted by Gasteiger charge is 2.55. The quantitative estimate of drug-likeness (QED) is 0.399. The van der Waals surface area contributed by atoms with Crippen molar-refractivity contribution in [1.29, 1.82) is 0 Å². The number of ketones is 1. The van der Waals surface area contributed by atoms with Crippen LogP contribution in [0.1, 0.15) is 91.9 Å². The van der Waals surface area contributed by atoms with Gasteiger partial charge in [-0.3, -0.25) is 4.79 Å². The number of hydrogen-bond acceptors (Lipinski definition) is 4. The first-order valence-corrected chi connectivity index (χ1v) is 13.8. The van der Waals surface area contributed by atoms with Crippen LogP contribution < -0.4 is 0 Å². The lowest BCUT2D eigenvalue weighted by Gasteiger charge is -2.47. The molecule has 194 valence electrons. The predicted molar refractivity (Wildman–Crippen MR) is 141 cm³/mol. The van der Waals surface area contributed by atoms with Crippen molar-refractivity contribution >= 4 is 5.78 Å². The van der Waals surface area contributed by atoms with Crippen LogP contribution in [-0.4, -0.2) is 39.4 Å². The molecule has 4 fully saturated rings. The van der Waals surface area contributed by atoms with E-state index < -0.39 is 23.7 Å². The molecule has 4 aliphatic carbocycles. The van der Waals surface area contributed by atoms with Crippen molar-refractivity contribution in [1.82, 2.24) is 0 Å². The number of aliphatic hydroxyl groups is 3. The van der Waals surface area contributed by atoms with Gasteiger partial charge < -0.3 is 15.3 Å². The van der Waals surface area contributed by atoms with E-state index in [9.17, 15) is 20.1 Å². The highest BCUT2D eigenvalue weighted by Crippen LogP contribution is 2.62. The summed E-state index contributed by atoms with van der Waals surface area (Å²) in [6.07, 6.45) is 15.5. The number of aliphatic hydroxyl groups excluding tert-OH is 3. The second kappa shape index (κ2) is 9.76. The van der Waals surface area contributed by atoms with Gasteiger partial charge >= 0.3 is 0 Å². The predicted octanol–water partition coefficient (Wildman–Crippen LogP) is 5.83. The Balaban J connectivity index is 1.51. The van der Waals surface area contributed by atoms with Crippen LogP contribution in [0.2, 0.25) is 0 Å². The third-order valence-electron chi connectivity index (χ3n) is 10.1. The van der Waals surface area contributed by atoms with Crippen LogP contribution in [-0.2, 0) is 4.79 Å². The van der Waals surface area contributed by atoms with Gasteiger partial charge in [-0.15, -0.1) is 0 Å². The van der Waals surface area contributed by atoms with E-state index in [0.29, 0.717) is 31.1 Å². The van der Waals surface area contributed by atoms with Crippen LogP contribution >= 0.6 is 0 Å². The normalized spacial score (nSPS) is 38.2. The maximum Gasteiger partial charge on any atom is 0.141 e. The second-order valence-electron chi connectivity index (χ2n) is 12.7. The third-order valence-corrected chi connectivity index (χ3v) is 10.1. The van der Waals surface area contributed by atoms with E-state index in [1.165, 1.54) is 24.8 Å². The number of carbonyl (C=O) groups is 1. The zero-order valence-corrected chi connectivity index (χ0v) is 22.2. The Labute approximate surface area is 211 Å². The summed E-state index contributed by atoms with van der Waals surface area (Å²) in [7, 11) is 0. The molecule has 6 atom stereocenters. The fraction of sp³-hybridized carbons (Fsp3) is 0.710. The number of hydrogen-bond donors (Lipinski definition) is 3. The van der Waals surface area contributed by atoms with Crippen molar-refractivity contribution in [3.05, 3.63) is 47.6 Å². The lowest BCUT2D eigenvalue weighted by Crippen LogP contribution is -2.39. The summed E-state index contributed by atoms with van der Waals surface area (Å²) < 4.78 is 0. The molecule has 0 heterocycles. The lowest BCUT2D eigenvalue weighted by atomic mass is 9.57. The maximum atomic E-state index is 12.4. The topological polar surface area (TPSA) is 77.8 Å². The van der Waals surface area contributed by atoms with Crippen molar-refractivity contribution in [2.45, 2.75) is 110 Å². The van der Waals surface area contributed by atoms with E-state index in [2.05, 4.69) is 45.6 Å². The first kappa shape index (κ1) is 26.6. The number of fused-ring (bicyclic) bond motifs is 1. The van der Waals surface area contributed by atoms with Gasteiger partial charge in [0.15, 0.2) is 0 Å². The molecule has 0 amide bonds. The van der Waals surface area contributed by atoms with Gasteiger partial charge in [0.1, 0.15) is 5.78 Å². The third kappa shape index (κ3) is 4.91. The van der Waals surface area contributed by atoms with E-state index in [0.717, 1.165) is 36.8 Å². The summed E-state index contributed by atoms with van der Waals surface area (Å²) in [4.78, 5) is 12.4. The highest BCUT2D eigenvalue weighted by molar-refractivity contribution is 5.88. The fourth-order valence-corrected chi connectivity index (χ4v) is 7.79. The minimum absolute atomic E-state index is 0.0669. The molecule has 0 aromatic carbocycles. The van der Waals surface area contributed by atoms with E-state index in [1.54, 1.807) is 0 Å². The molecule has 0 unspecified atom stereocenters. The molecule has 0 aromatic heterocycles. The van der Waals surface area contributed by atoms with Crippen LogP contribution in [0.5, 0.6) is 0 Å². The minimum atomic E-state index is -0.679. The molecule has 4 heteroatoms. The van der Waals surface area contributed by atoms with Crippen molar-refractivity contribution < 1.29 is 20.1 Å². The van der Waals surface area contributed by atoms with Gasteiger partial charge in [0.2, 0.25) is 0 Å². The average Bonchev–Trinajstić information content (AvgIpc) is 3.54. The van der Waals surface area contributed by atoms with Gasteiger partial charge in [-0.1, -0.05) is 64.2 Å². The summed E-state index contributed by atoms with van der Waals surface area (Å²) in [5, 5.41) is 31.2. The molecule has 0 radical (unpaired) electrons. The maximum absolute atomic E-state index is 12.4. The average molecular weight is 483 g/mol. The standard InChI is InChI=1S/C31H46O4/c1-6-27(34)31(16-17-31)28(35)13-15-29(3,4)26-12-11-24-21(8-7-14-30(24,26)5)9-10-22-18-23(32)19-25(33)20(22)2/h9-10,13,15,23-26,28,32-33,35H,2,6-8,11-12,14,16-19H2,1,3-5H3/t23-,24+,25+,26-,28-,30+/m1/s1. The van der Waals surface area contributed by atoms with Crippen LogP contribution in [0, 0.1) is 28.1 Å². The molecule has 4 rings (SSSR count). The fourth-order valence-electron chi connectivity index (χ4n) is 7.79. The van der Waals surface area contributed by atoms with E-state index in [4.69, 9.17) is 0 Å². The van der Waals surface area contributed by atoms with Crippen molar-refractivity contribution in [2.75, 3.05) is 0 Å². The zero-order chi connectivity index (χ0) is 25.6. The summed E-state index contributed by atoms with van der Waals surface area (Å²) in [6, 6.07) is 0. The molecule has 0 aliphatic heterocycles. The Bertz CT molecular complexity index is 934. The first-order valence-electron chi connectivity index (χ1n) is 13.8. The Morgan fingerprint density at radius 3 is 2.57 bits per heavy atom. The van der Waals surface area contributed by atoms with Gasteiger partial charge in [0.05, 0.1) is 23.7 Å². The number of carbonyl (C=O) groups excluding carboxylic acids is 1. The van der Waals surface area contributed by atoms with E-state index in [1.807, 2.05) is 13.0 Å². The Morgan fingerprint density at radius 2 is 1.91 bits per heavy atom. The highest BCUT2D eigenvalue weighted by atomic mass is 16.3. The number of allylic oxidation sites excluding steroid dienone is 4. The monoisotopic (exact) mass is 482 g/mol. The Morgan fingerprint density at radius 1 is 1.20 bits per heavy atom. The van der Waals surface area contributed by atoms with Gasteiger partial charge in [-0.2, -0.15) is 0 Å². The molecule has 0 spiro atoms. The minimum Gasteiger partial charge on any atom is -0.393 e. The molecule has 3 N–H and O–H groups in total. The molecule has 4 saturated carbocycles. The molecular formula is C31H46O4. The summed E-state index contributed by atoms with van der Waals surface area (Å²) in [5.41, 5.74) is 2.81. The molecule has 35 heavy (non-hydrogen) atoms. The Hall–Kier alpha value is -1.49. The zero-order valence-electron chi connectivity index (χ0n) is 22.2.